The van der Waals surface area contributed by atoms with Gasteiger partial charge in [-0.2, -0.15) is 0 Å². The summed E-state index contributed by atoms with van der Waals surface area (Å²) in [5.74, 6) is -0.607. The van der Waals surface area contributed by atoms with Crippen LogP contribution in [-0.4, -0.2) is 58.4 Å². The van der Waals surface area contributed by atoms with E-state index in [1.54, 1.807) is 0 Å². The van der Waals surface area contributed by atoms with Gasteiger partial charge in [-0.05, 0) is 12.8 Å². The highest BCUT2D eigenvalue weighted by atomic mass is 16.8. The Labute approximate surface area is 105 Å². The number of hydrogen-bond acceptors (Lipinski definition) is 6. The van der Waals surface area contributed by atoms with Crippen LogP contribution in [0.5, 0.6) is 0 Å². The third-order valence-electron chi connectivity index (χ3n) is 4.10. The third kappa shape index (κ3) is 1.97. The molecular formula is C12H20O6. The lowest BCUT2D eigenvalue weighted by Crippen LogP contribution is -2.43. The lowest BCUT2D eigenvalue weighted by molar-refractivity contribution is -0.254. The predicted octanol–water partition coefficient (Wildman–Crippen LogP) is -0.499. The van der Waals surface area contributed by atoms with Crippen molar-refractivity contribution in [2.75, 3.05) is 6.61 Å². The van der Waals surface area contributed by atoms with Gasteiger partial charge in [0.25, 0.3) is 0 Å². The molecule has 1 aliphatic carbocycles. The summed E-state index contributed by atoms with van der Waals surface area (Å²) in [6.07, 6.45) is 0.824. The molecule has 18 heavy (non-hydrogen) atoms. The first-order valence-electron chi connectivity index (χ1n) is 6.63. The smallest absolute Gasteiger partial charge is 0.190 e. The molecule has 0 radical (unpaired) electrons. The second kappa shape index (κ2) is 4.70. The molecule has 3 fully saturated rings. The highest BCUT2D eigenvalue weighted by Gasteiger charge is 2.58. The molecule has 2 aliphatic heterocycles. The molecule has 3 rings (SSSR count). The van der Waals surface area contributed by atoms with E-state index in [4.69, 9.17) is 19.3 Å². The summed E-state index contributed by atoms with van der Waals surface area (Å²) in [7, 11) is 0. The van der Waals surface area contributed by atoms with Crippen LogP contribution in [0.2, 0.25) is 0 Å². The maximum atomic E-state index is 10.1. The summed E-state index contributed by atoms with van der Waals surface area (Å²) in [5.41, 5.74) is 0. The van der Waals surface area contributed by atoms with Crippen LogP contribution in [0.1, 0.15) is 32.1 Å². The highest BCUT2D eigenvalue weighted by Crippen LogP contribution is 2.45. The number of aliphatic hydroxyl groups excluding tert-OH is 3. The number of ether oxygens (including phenoxy) is 3. The highest BCUT2D eigenvalue weighted by molar-refractivity contribution is 4.97. The van der Waals surface area contributed by atoms with Crippen LogP contribution in [-0.2, 0) is 14.2 Å². The van der Waals surface area contributed by atoms with Gasteiger partial charge in [-0.1, -0.05) is 6.42 Å². The molecule has 5 atom stereocenters. The van der Waals surface area contributed by atoms with Crippen LogP contribution in [0.15, 0.2) is 0 Å². The zero-order chi connectivity index (χ0) is 12.8. The average molecular weight is 260 g/mol. The maximum absolute atomic E-state index is 10.1. The normalized spacial score (nSPS) is 44.2. The van der Waals surface area contributed by atoms with Crippen molar-refractivity contribution in [3.05, 3.63) is 0 Å². The molecule has 2 heterocycles. The standard InChI is InChI=1S/C12H20O6/c13-6-7(14)9-8(15)10-11(16-9)18-12(17-10)4-2-1-3-5-12/h7-11,13-15H,1-6H2/t7-,8-,9-,10+,11+/m0/s1. The van der Waals surface area contributed by atoms with Gasteiger partial charge >= 0.3 is 0 Å². The summed E-state index contributed by atoms with van der Waals surface area (Å²) in [6, 6.07) is 0. The summed E-state index contributed by atoms with van der Waals surface area (Å²) in [5, 5.41) is 28.5. The number of rotatable bonds is 2. The minimum absolute atomic E-state index is 0.452. The van der Waals surface area contributed by atoms with Crippen molar-refractivity contribution in [3.8, 4) is 0 Å². The van der Waals surface area contributed by atoms with Gasteiger partial charge in [0.15, 0.2) is 12.1 Å². The van der Waals surface area contributed by atoms with Crippen molar-refractivity contribution in [2.45, 2.75) is 68.6 Å². The molecule has 0 bridgehead atoms. The fourth-order valence-corrected chi connectivity index (χ4v) is 3.12. The van der Waals surface area contributed by atoms with Crippen molar-refractivity contribution in [2.24, 2.45) is 0 Å². The second-order valence-corrected chi connectivity index (χ2v) is 5.38. The van der Waals surface area contributed by atoms with E-state index in [0.717, 1.165) is 25.7 Å². The van der Waals surface area contributed by atoms with E-state index in [-0.39, 0.29) is 0 Å². The first-order chi connectivity index (χ1) is 8.65. The quantitative estimate of drug-likeness (QED) is 0.620. The van der Waals surface area contributed by atoms with Gasteiger partial charge < -0.3 is 29.5 Å². The number of aliphatic hydroxyl groups is 3. The van der Waals surface area contributed by atoms with Crippen molar-refractivity contribution in [1.29, 1.82) is 0 Å². The lowest BCUT2D eigenvalue weighted by Gasteiger charge is -2.33. The van der Waals surface area contributed by atoms with Gasteiger partial charge in [0, 0.05) is 12.8 Å². The van der Waals surface area contributed by atoms with Crippen molar-refractivity contribution in [1.82, 2.24) is 0 Å². The first kappa shape index (κ1) is 12.8. The van der Waals surface area contributed by atoms with Crippen LogP contribution in [0.25, 0.3) is 0 Å². The van der Waals surface area contributed by atoms with E-state index in [2.05, 4.69) is 0 Å². The molecule has 6 nitrogen and oxygen atoms in total. The zero-order valence-electron chi connectivity index (χ0n) is 10.2. The topological polar surface area (TPSA) is 88.4 Å². The van der Waals surface area contributed by atoms with Crippen LogP contribution in [0, 0.1) is 0 Å². The summed E-state index contributed by atoms with van der Waals surface area (Å²) >= 11 is 0. The molecule has 0 unspecified atom stereocenters. The summed E-state index contributed by atoms with van der Waals surface area (Å²) in [4.78, 5) is 0. The molecule has 0 amide bonds. The predicted molar refractivity (Wildman–Crippen MR) is 59.5 cm³/mol. The zero-order valence-corrected chi connectivity index (χ0v) is 10.2. The number of hydrogen-bond donors (Lipinski definition) is 3. The molecule has 104 valence electrons. The molecule has 0 aromatic carbocycles. The van der Waals surface area contributed by atoms with Gasteiger partial charge in [0.1, 0.15) is 24.4 Å². The van der Waals surface area contributed by atoms with Crippen molar-refractivity contribution >= 4 is 0 Å². The van der Waals surface area contributed by atoms with E-state index in [0.29, 0.717) is 0 Å². The van der Waals surface area contributed by atoms with Crippen molar-refractivity contribution in [3.63, 3.8) is 0 Å². The Balaban J connectivity index is 1.68. The average Bonchev–Trinajstić information content (AvgIpc) is 2.86. The van der Waals surface area contributed by atoms with Crippen LogP contribution in [0.3, 0.4) is 0 Å². The minimum Gasteiger partial charge on any atom is -0.394 e. The maximum Gasteiger partial charge on any atom is 0.190 e. The van der Waals surface area contributed by atoms with Gasteiger partial charge in [0.05, 0.1) is 6.61 Å². The third-order valence-corrected chi connectivity index (χ3v) is 4.10. The molecule has 0 aromatic rings. The molecule has 3 aliphatic rings. The molecule has 3 N–H and O–H groups in total. The van der Waals surface area contributed by atoms with Crippen LogP contribution in [0.4, 0.5) is 0 Å². The Morgan fingerprint density at radius 2 is 1.89 bits per heavy atom. The Morgan fingerprint density at radius 3 is 2.50 bits per heavy atom. The lowest BCUT2D eigenvalue weighted by atomic mass is 9.94. The van der Waals surface area contributed by atoms with Gasteiger partial charge in [-0.25, -0.2) is 0 Å². The molecular weight excluding hydrogens is 240 g/mol. The molecule has 2 saturated heterocycles. The van der Waals surface area contributed by atoms with Gasteiger partial charge in [-0.3, -0.25) is 0 Å². The van der Waals surface area contributed by atoms with E-state index in [1.165, 1.54) is 6.42 Å². The van der Waals surface area contributed by atoms with E-state index < -0.39 is 43.1 Å². The van der Waals surface area contributed by atoms with E-state index in [1.807, 2.05) is 0 Å². The minimum atomic E-state index is -1.11. The Bertz CT molecular complexity index is 303. The Kier molecular flexibility index (Phi) is 3.34. The molecule has 1 saturated carbocycles. The largest absolute Gasteiger partial charge is 0.394 e. The van der Waals surface area contributed by atoms with E-state index in [9.17, 15) is 10.2 Å². The van der Waals surface area contributed by atoms with Crippen LogP contribution < -0.4 is 0 Å². The summed E-state index contributed by atoms with van der Waals surface area (Å²) < 4.78 is 17.1. The fraction of sp³-hybridized carbons (Fsp3) is 1.00. The number of fused-ring (bicyclic) bond motifs is 1. The fourth-order valence-electron chi connectivity index (χ4n) is 3.12. The Hall–Kier alpha value is -0.240. The van der Waals surface area contributed by atoms with Gasteiger partial charge in [-0.15, -0.1) is 0 Å². The molecule has 1 spiro atoms. The SMILES string of the molecule is OC[C@H](O)[C@@H]1O[C@@H]2OC3(CCCCC3)O[C@@H]2[C@H]1O. The molecule has 6 heteroatoms. The van der Waals surface area contributed by atoms with E-state index >= 15 is 0 Å². The Morgan fingerprint density at radius 1 is 1.17 bits per heavy atom. The van der Waals surface area contributed by atoms with Gasteiger partial charge in [0.2, 0.25) is 0 Å². The summed E-state index contributed by atoms with van der Waals surface area (Å²) in [6.45, 7) is -0.452. The van der Waals surface area contributed by atoms with Crippen molar-refractivity contribution < 1.29 is 29.5 Å². The molecule has 0 aromatic heterocycles. The van der Waals surface area contributed by atoms with Crippen LogP contribution >= 0.6 is 0 Å². The second-order valence-electron chi connectivity index (χ2n) is 5.38. The first-order valence-corrected chi connectivity index (χ1v) is 6.63. The monoisotopic (exact) mass is 260 g/mol.